The van der Waals surface area contributed by atoms with Gasteiger partial charge in [0.1, 0.15) is 11.6 Å². The Bertz CT molecular complexity index is 1000. The Morgan fingerprint density at radius 3 is 2.52 bits per heavy atom. The Balaban J connectivity index is 1.51. The van der Waals surface area contributed by atoms with Gasteiger partial charge in [-0.15, -0.1) is 0 Å². The first-order chi connectivity index (χ1) is 14.2. The number of amides is 1. The number of carbonyl (C=O) groups excluding carboxylic acids is 1. The maximum absolute atomic E-state index is 13.9. The minimum atomic E-state index is -0.476. The van der Waals surface area contributed by atoms with Gasteiger partial charge in [0, 0.05) is 55.8 Å². The number of likely N-dealkylation sites (tertiary alicyclic amines) is 1. The minimum Gasteiger partial charge on any atom is -0.373 e. The van der Waals surface area contributed by atoms with Crippen LogP contribution in [0.15, 0.2) is 54.9 Å². The quantitative estimate of drug-likeness (QED) is 0.734. The lowest BCUT2D eigenvalue weighted by Gasteiger charge is -2.32. The number of nitrogens with zero attached hydrogens (tertiary/aromatic N) is 4. The first-order valence-corrected chi connectivity index (χ1v) is 9.66. The second-order valence-corrected chi connectivity index (χ2v) is 7.03. The zero-order valence-electron chi connectivity index (χ0n) is 16.2. The van der Waals surface area contributed by atoms with E-state index in [0.29, 0.717) is 18.9 Å². The van der Waals surface area contributed by atoms with Gasteiger partial charge in [0.15, 0.2) is 5.82 Å². The van der Waals surface area contributed by atoms with E-state index in [1.165, 1.54) is 12.1 Å². The summed E-state index contributed by atoms with van der Waals surface area (Å²) in [7, 11) is 1.83. The fourth-order valence-corrected chi connectivity index (χ4v) is 3.62. The van der Waals surface area contributed by atoms with E-state index >= 15 is 0 Å². The van der Waals surface area contributed by atoms with Crippen molar-refractivity contribution in [3.05, 3.63) is 71.9 Å². The summed E-state index contributed by atoms with van der Waals surface area (Å²) in [6, 6.07) is 11.9. The second kappa shape index (κ2) is 8.34. The molecule has 3 aromatic rings. The highest BCUT2D eigenvalue weighted by Gasteiger charge is 2.27. The van der Waals surface area contributed by atoms with Gasteiger partial charge in [-0.2, -0.15) is 0 Å². The van der Waals surface area contributed by atoms with Crippen LogP contribution >= 0.6 is 0 Å². The number of hydrogen-bond acceptors (Lipinski definition) is 5. The summed E-state index contributed by atoms with van der Waals surface area (Å²) in [5.74, 6) is 0.898. The number of halogens is 1. The molecule has 2 aromatic heterocycles. The average molecular weight is 391 g/mol. The van der Waals surface area contributed by atoms with Gasteiger partial charge in [-0.05, 0) is 37.1 Å². The van der Waals surface area contributed by atoms with Crippen LogP contribution in [0, 0.1) is 5.82 Å². The van der Waals surface area contributed by atoms with Gasteiger partial charge in [-0.25, -0.2) is 14.4 Å². The molecule has 1 aliphatic heterocycles. The number of benzene rings is 1. The Hall–Kier alpha value is -3.35. The van der Waals surface area contributed by atoms with Crippen LogP contribution in [0.1, 0.15) is 34.8 Å². The van der Waals surface area contributed by atoms with Crippen LogP contribution in [0.2, 0.25) is 0 Å². The van der Waals surface area contributed by atoms with Crippen LogP contribution in [0.3, 0.4) is 0 Å². The lowest BCUT2D eigenvalue weighted by atomic mass is 9.92. The van der Waals surface area contributed by atoms with Crippen LogP contribution in [0.4, 0.5) is 10.2 Å². The van der Waals surface area contributed by atoms with Gasteiger partial charge in [0.25, 0.3) is 5.91 Å². The molecule has 148 valence electrons. The van der Waals surface area contributed by atoms with E-state index in [1.807, 2.05) is 25.2 Å². The minimum absolute atomic E-state index is 0.130. The molecular weight excluding hydrogens is 369 g/mol. The molecule has 1 saturated heterocycles. The summed E-state index contributed by atoms with van der Waals surface area (Å²) in [5.41, 5.74) is 1.99. The predicted molar refractivity (Wildman–Crippen MR) is 109 cm³/mol. The van der Waals surface area contributed by atoms with Gasteiger partial charge < -0.3 is 10.2 Å². The van der Waals surface area contributed by atoms with Crippen molar-refractivity contribution in [3.63, 3.8) is 0 Å². The third-order valence-corrected chi connectivity index (χ3v) is 5.25. The molecule has 1 fully saturated rings. The molecule has 29 heavy (non-hydrogen) atoms. The molecule has 0 atom stereocenters. The fourth-order valence-electron chi connectivity index (χ4n) is 3.62. The normalized spacial score (nSPS) is 14.6. The van der Waals surface area contributed by atoms with E-state index in [-0.39, 0.29) is 17.4 Å². The Morgan fingerprint density at radius 2 is 1.83 bits per heavy atom. The van der Waals surface area contributed by atoms with E-state index in [2.05, 4.69) is 15.3 Å². The number of hydrogen-bond donors (Lipinski definition) is 1. The molecule has 0 aliphatic carbocycles. The maximum Gasteiger partial charge on any atom is 0.256 e. The first-order valence-electron chi connectivity index (χ1n) is 9.66. The van der Waals surface area contributed by atoms with Gasteiger partial charge in [0.05, 0.1) is 5.56 Å². The highest BCUT2D eigenvalue weighted by Crippen LogP contribution is 2.30. The average Bonchev–Trinajstić information content (AvgIpc) is 2.79. The van der Waals surface area contributed by atoms with Crippen molar-refractivity contribution in [2.24, 2.45) is 0 Å². The largest absolute Gasteiger partial charge is 0.373 e. The fraction of sp³-hybridized carbons (Fsp3) is 0.273. The zero-order chi connectivity index (χ0) is 20.2. The van der Waals surface area contributed by atoms with Crippen molar-refractivity contribution >= 4 is 11.7 Å². The third-order valence-electron chi connectivity index (χ3n) is 5.25. The smallest absolute Gasteiger partial charge is 0.256 e. The maximum atomic E-state index is 13.9. The molecule has 6 nitrogen and oxygen atoms in total. The number of rotatable bonds is 4. The van der Waals surface area contributed by atoms with Crippen molar-refractivity contribution < 1.29 is 9.18 Å². The Labute approximate surface area is 168 Å². The summed E-state index contributed by atoms with van der Waals surface area (Å²) in [6.45, 7) is 1.14. The SMILES string of the molecule is CNc1cc(C2CCN(C(=O)c3ccccc3F)CC2)nc(-c2ccncc2)n1. The molecule has 1 aromatic carbocycles. The molecule has 1 N–H and O–H groups in total. The zero-order valence-corrected chi connectivity index (χ0v) is 16.2. The molecule has 0 spiro atoms. The molecule has 0 saturated carbocycles. The second-order valence-electron chi connectivity index (χ2n) is 7.03. The Morgan fingerprint density at radius 1 is 1.10 bits per heavy atom. The van der Waals surface area contributed by atoms with Crippen LogP contribution in [-0.4, -0.2) is 45.9 Å². The van der Waals surface area contributed by atoms with E-state index in [0.717, 1.165) is 29.9 Å². The van der Waals surface area contributed by atoms with Crippen molar-refractivity contribution in [1.29, 1.82) is 0 Å². The van der Waals surface area contributed by atoms with Crippen molar-refractivity contribution in [2.45, 2.75) is 18.8 Å². The number of anilines is 1. The summed E-state index contributed by atoms with van der Waals surface area (Å²) < 4.78 is 13.9. The monoisotopic (exact) mass is 391 g/mol. The lowest BCUT2D eigenvalue weighted by Crippen LogP contribution is -2.38. The van der Waals surface area contributed by atoms with Crippen LogP contribution in [0.25, 0.3) is 11.4 Å². The van der Waals surface area contributed by atoms with E-state index < -0.39 is 5.82 Å². The van der Waals surface area contributed by atoms with Gasteiger partial charge >= 0.3 is 0 Å². The molecule has 0 unspecified atom stereocenters. The van der Waals surface area contributed by atoms with Gasteiger partial charge in [-0.1, -0.05) is 12.1 Å². The molecule has 0 bridgehead atoms. The van der Waals surface area contributed by atoms with Gasteiger partial charge in [0.2, 0.25) is 0 Å². The molecule has 1 amide bonds. The lowest BCUT2D eigenvalue weighted by molar-refractivity contribution is 0.0707. The molecule has 0 radical (unpaired) electrons. The van der Waals surface area contributed by atoms with Crippen molar-refractivity contribution in [2.75, 3.05) is 25.5 Å². The summed E-state index contributed by atoms with van der Waals surface area (Å²) in [5, 5.41) is 3.10. The van der Waals surface area contributed by atoms with Crippen molar-refractivity contribution in [3.8, 4) is 11.4 Å². The molecule has 4 rings (SSSR count). The number of nitrogens with one attached hydrogen (secondary N) is 1. The highest BCUT2D eigenvalue weighted by molar-refractivity contribution is 5.94. The topological polar surface area (TPSA) is 71.0 Å². The van der Waals surface area contributed by atoms with Crippen LogP contribution in [-0.2, 0) is 0 Å². The van der Waals surface area contributed by atoms with E-state index in [9.17, 15) is 9.18 Å². The standard InChI is InChI=1S/C22H22FN5O/c1-24-20-14-19(26-21(27-20)16-6-10-25-11-7-16)15-8-12-28(13-9-15)22(29)17-4-2-3-5-18(17)23/h2-7,10-11,14-15H,8-9,12-13H2,1H3,(H,24,26,27). The molecular formula is C22H22FN5O. The predicted octanol–water partition coefficient (Wildman–Crippen LogP) is 3.74. The van der Waals surface area contributed by atoms with Gasteiger partial charge in [-0.3, -0.25) is 9.78 Å². The summed E-state index contributed by atoms with van der Waals surface area (Å²) in [6.07, 6.45) is 4.99. The van der Waals surface area contributed by atoms with E-state index in [1.54, 1.807) is 29.4 Å². The molecule has 1 aliphatic rings. The van der Waals surface area contributed by atoms with Crippen LogP contribution in [0.5, 0.6) is 0 Å². The van der Waals surface area contributed by atoms with Crippen LogP contribution < -0.4 is 5.32 Å². The number of piperidine rings is 1. The van der Waals surface area contributed by atoms with E-state index in [4.69, 9.17) is 4.98 Å². The summed E-state index contributed by atoms with van der Waals surface area (Å²) >= 11 is 0. The number of aromatic nitrogens is 3. The third kappa shape index (κ3) is 4.08. The first kappa shape index (κ1) is 19.0. The molecule has 3 heterocycles. The Kier molecular flexibility index (Phi) is 5.46. The number of pyridine rings is 1. The molecule has 7 heteroatoms. The highest BCUT2D eigenvalue weighted by atomic mass is 19.1. The summed E-state index contributed by atoms with van der Waals surface area (Å²) in [4.78, 5) is 27.7. The van der Waals surface area contributed by atoms with Crippen molar-refractivity contribution in [1.82, 2.24) is 19.9 Å². The number of carbonyl (C=O) groups is 1.